The van der Waals surface area contributed by atoms with Crippen molar-refractivity contribution in [1.29, 1.82) is 0 Å². The third-order valence-electron chi connectivity index (χ3n) is 5.00. The summed E-state index contributed by atoms with van der Waals surface area (Å²) in [5, 5.41) is 9.82. The van der Waals surface area contributed by atoms with E-state index in [1.165, 1.54) is 23.5 Å². The quantitative estimate of drug-likeness (QED) is 0.877. The minimum absolute atomic E-state index is 0.0741. The Morgan fingerprint density at radius 1 is 1.33 bits per heavy atom. The van der Waals surface area contributed by atoms with Crippen molar-refractivity contribution in [2.75, 3.05) is 7.11 Å². The molecule has 3 unspecified atom stereocenters. The van der Waals surface area contributed by atoms with Crippen molar-refractivity contribution < 1.29 is 23.1 Å². The summed E-state index contributed by atoms with van der Waals surface area (Å²) in [6.07, 6.45) is 3.85. The standard InChI is InChI=1S/C16H20ClNO5S/c1-23-14-7-6-11(17)9-15(14)24(21,22)18-12-5-3-2-4-10(12)8-13(18)16(19)20/h6-7,9-10,12-13H,2-5,8H2,1H3,(H,19,20). The fourth-order valence-corrected chi connectivity index (χ4v) is 6.23. The summed E-state index contributed by atoms with van der Waals surface area (Å²) < 4.78 is 32.9. The van der Waals surface area contributed by atoms with Gasteiger partial charge in [-0.15, -0.1) is 0 Å². The SMILES string of the molecule is COc1ccc(Cl)cc1S(=O)(=O)N1C(C(=O)O)CC2CCCCC21. The lowest BCUT2D eigenvalue weighted by Crippen LogP contribution is -2.46. The number of halogens is 1. The molecule has 1 aliphatic heterocycles. The van der Waals surface area contributed by atoms with Crippen LogP contribution in [0.25, 0.3) is 0 Å². The molecule has 0 aromatic heterocycles. The molecule has 0 amide bonds. The Bertz CT molecular complexity index is 751. The first-order chi connectivity index (χ1) is 11.4. The van der Waals surface area contributed by atoms with Gasteiger partial charge in [0.25, 0.3) is 0 Å². The minimum atomic E-state index is -4.03. The summed E-state index contributed by atoms with van der Waals surface area (Å²) >= 11 is 5.97. The molecule has 2 fully saturated rings. The van der Waals surface area contributed by atoms with Crippen LogP contribution in [0.2, 0.25) is 5.02 Å². The van der Waals surface area contributed by atoms with Crippen LogP contribution in [0.3, 0.4) is 0 Å². The van der Waals surface area contributed by atoms with Gasteiger partial charge in [-0.3, -0.25) is 4.79 Å². The Morgan fingerprint density at radius 2 is 2.04 bits per heavy atom. The van der Waals surface area contributed by atoms with Crippen molar-refractivity contribution in [1.82, 2.24) is 4.31 Å². The first-order valence-electron chi connectivity index (χ1n) is 7.96. The van der Waals surface area contributed by atoms with Crippen LogP contribution in [0.15, 0.2) is 23.1 Å². The number of carboxylic acids is 1. The highest BCUT2D eigenvalue weighted by atomic mass is 35.5. The van der Waals surface area contributed by atoms with E-state index in [1.807, 2.05) is 0 Å². The van der Waals surface area contributed by atoms with Crippen LogP contribution in [-0.2, 0) is 14.8 Å². The van der Waals surface area contributed by atoms with Gasteiger partial charge in [0.1, 0.15) is 16.7 Å². The average Bonchev–Trinajstić information content (AvgIpc) is 2.95. The van der Waals surface area contributed by atoms with E-state index >= 15 is 0 Å². The zero-order chi connectivity index (χ0) is 17.5. The fourth-order valence-electron chi connectivity index (χ4n) is 3.94. The van der Waals surface area contributed by atoms with Crippen LogP contribution in [0.1, 0.15) is 32.1 Å². The third kappa shape index (κ3) is 2.89. The Hall–Kier alpha value is -1.31. The first-order valence-corrected chi connectivity index (χ1v) is 9.78. The lowest BCUT2D eigenvalue weighted by molar-refractivity contribution is -0.141. The summed E-state index contributed by atoms with van der Waals surface area (Å²) in [4.78, 5) is 11.6. The van der Waals surface area contributed by atoms with Crippen molar-refractivity contribution in [3.8, 4) is 5.75 Å². The van der Waals surface area contributed by atoms with Crippen molar-refractivity contribution in [2.24, 2.45) is 5.92 Å². The maximum atomic E-state index is 13.3. The van der Waals surface area contributed by atoms with Gasteiger partial charge in [0.2, 0.25) is 10.0 Å². The summed E-state index contributed by atoms with van der Waals surface area (Å²) in [5.74, 6) is -0.837. The molecule has 1 N–H and O–H groups in total. The van der Waals surface area contributed by atoms with Crippen LogP contribution >= 0.6 is 11.6 Å². The number of hydrogen-bond donors (Lipinski definition) is 1. The molecule has 1 heterocycles. The second-order valence-electron chi connectivity index (χ2n) is 6.33. The average molecular weight is 374 g/mol. The lowest BCUT2D eigenvalue weighted by Gasteiger charge is -2.32. The van der Waals surface area contributed by atoms with Crippen LogP contribution in [0.4, 0.5) is 0 Å². The lowest BCUT2D eigenvalue weighted by atomic mass is 9.85. The molecular formula is C16H20ClNO5S. The van der Waals surface area contributed by atoms with Crippen LogP contribution in [-0.4, -0.2) is 43.0 Å². The van der Waals surface area contributed by atoms with Gasteiger partial charge < -0.3 is 9.84 Å². The molecule has 1 aromatic rings. The molecule has 8 heteroatoms. The predicted molar refractivity (Wildman–Crippen MR) is 88.8 cm³/mol. The topological polar surface area (TPSA) is 83.9 Å². The number of rotatable bonds is 4. The molecule has 1 aliphatic carbocycles. The number of hydrogen-bond acceptors (Lipinski definition) is 4. The van der Waals surface area contributed by atoms with Crippen molar-refractivity contribution in [3.63, 3.8) is 0 Å². The number of methoxy groups -OCH3 is 1. The normalized spacial score (nSPS) is 27.7. The molecule has 132 valence electrons. The highest BCUT2D eigenvalue weighted by Gasteiger charge is 2.51. The maximum Gasteiger partial charge on any atom is 0.322 e. The summed E-state index contributed by atoms with van der Waals surface area (Å²) in [6.45, 7) is 0. The van der Waals surface area contributed by atoms with Gasteiger partial charge in [0.15, 0.2) is 0 Å². The number of carboxylic acid groups (broad SMARTS) is 1. The molecule has 0 spiro atoms. The fraction of sp³-hybridized carbons (Fsp3) is 0.562. The number of sulfonamides is 1. The van der Waals surface area contributed by atoms with Crippen LogP contribution in [0, 0.1) is 5.92 Å². The second kappa shape index (κ2) is 6.54. The van der Waals surface area contributed by atoms with Crippen molar-refractivity contribution in [2.45, 2.75) is 49.1 Å². The van der Waals surface area contributed by atoms with E-state index in [-0.39, 0.29) is 27.6 Å². The van der Waals surface area contributed by atoms with E-state index in [1.54, 1.807) is 6.07 Å². The molecule has 3 atom stereocenters. The number of ether oxygens (including phenoxy) is 1. The van der Waals surface area contributed by atoms with Crippen molar-refractivity contribution in [3.05, 3.63) is 23.2 Å². The number of aliphatic carboxylic acids is 1. The number of fused-ring (bicyclic) bond motifs is 1. The van der Waals surface area contributed by atoms with Crippen molar-refractivity contribution >= 4 is 27.6 Å². The third-order valence-corrected chi connectivity index (χ3v) is 7.19. The van der Waals surface area contributed by atoms with Gasteiger partial charge in [-0.2, -0.15) is 4.31 Å². The highest BCUT2D eigenvalue weighted by Crippen LogP contribution is 2.44. The molecule has 6 nitrogen and oxygen atoms in total. The van der Waals surface area contributed by atoms with E-state index in [0.717, 1.165) is 19.3 Å². The van der Waals surface area contributed by atoms with Gasteiger partial charge in [-0.1, -0.05) is 24.4 Å². The minimum Gasteiger partial charge on any atom is -0.495 e. The van der Waals surface area contributed by atoms with E-state index in [2.05, 4.69) is 0 Å². The molecule has 2 aliphatic rings. The first kappa shape index (κ1) is 17.5. The predicted octanol–water partition coefficient (Wildman–Crippen LogP) is 2.76. The van der Waals surface area contributed by atoms with E-state index in [9.17, 15) is 18.3 Å². The van der Waals surface area contributed by atoms with E-state index in [4.69, 9.17) is 16.3 Å². The summed E-state index contributed by atoms with van der Waals surface area (Å²) in [7, 11) is -2.65. The Morgan fingerprint density at radius 3 is 2.71 bits per heavy atom. The Kier molecular flexibility index (Phi) is 4.77. The number of benzene rings is 1. The zero-order valence-electron chi connectivity index (χ0n) is 13.3. The number of nitrogens with zero attached hydrogens (tertiary/aromatic N) is 1. The molecule has 1 saturated heterocycles. The monoisotopic (exact) mass is 373 g/mol. The largest absolute Gasteiger partial charge is 0.495 e. The molecule has 0 bridgehead atoms. The summed E-state index contributed by atoms with van der Waals surface area (Å²) in [6, 6.07) is 3.05. The van der Waals surface area contributed by atoms with Gasteiger partial charge in [0.05, 0.1) is 7.11 Å². The van der Waals surface area contributed by atoms with Crippen LogP contribution in [0.5, 0.6) is 5.75 Å². The Labute approximate surface area is 146 Å². The molecule has 1 aromatic carbocycles. The van der Waals surface area contributed by atoms with Gasteiger partial charge >= 0.3 is 5.97 Å². The Balaban J connectivity index is 2.09. The van der Waals surface area contributed by atoms with E-state index < -0.39 is 22.0 Å². The highest BCUT2D eigenvalue weighted by molar-refractivity contribution is 7.89. The molecule has 3 rings (SSSR count). The van der Waals surface area contributed by atoms with Gasteiger partial charge in [-0.05, 0) is 43.4 Å². The zero-order valence-corrected chi connectivity index (χ0v) is 14.9. The smallest absolute Gasteiger partial charge is 0.322 e. The van der Waals surface area contributed by atoms with Gasteiger partial charge in [0, 0.05) is 11.1 Å². The number of carbonyl (C=O) groups is 1. The molecular weight excluding hydrogens is 354 g/mol. The second-order valence-corrected chi connectivity index (χ2v) is 8.58. The molecule has 1 saturated carbocycles. The van der Waals surface area contributed by atoms with E-state index in [0.29, 0.717) is 12.8 Å². The molecule has 24 heavy (non-hydrogen) atoms. The molecule has 0 radical (unpaired) electrons. The van der Waals surface area contributed by atoms with Crippen LogP contribution < -0.4 is 4.74 Å². The summed E-state index contributed by atoms with van der Waals surface area (Å²) in [5.41, 5.74) is 0. The maximum absolute atomic E-state index is 13.3. The van der Waals surface area contributed by atoms with Gasteiger partial charge in [-0.25, -0.2) is 8.42 Å².